The fourth-order valence-electron chi connectivity index (χ4n) is 2.89. The lowest BCUT2D eigenvalue weighted by Gasteiger charge is -2.21. The molecule has 0 saturated heterocycles. The average Bonchev–Trinajstić information content (AvgIpc) is 2.32. The molecule has 0 spiro atoms. The zero-order valence-electron chi connectivity index (χ0n) is 12.0. The zero-order chi connectivity index (χ0) is 13.1. The summed E-state index contributed by atoms with van der Waals surface area (Å²) in [6.07, 6.45) is 17.5. The van der Waals surface area contributed by atoms with Gasteiger partial charge in [0.1, 0.15) is 0 Å². The molecule has 0 unspecified atom stereocenters. The molecule has 1 fully saturated rings. The van der Waals surface area contributed by atoms with Crippen LogP contribution in [0.5, 0.6) is 0 Å². The van der Waals surface area contributed by atoms with E-state index in [0.29, 0.717) is 12.8 Å². The van der Waals surface area contributed by atoms with Crippen molar-refractivity contribution in [2.75, 3.05) is 0 Å². The van der Waals surface area contributed by atoms with E-state index in [-0.39, 0.29) is 0 Å². The van der Waals surface area contributed by atoms with E-state index in [1.54, 1.807) is 0 Å². The molecule has 2 N–H and O–H groups in total. The SMILES string of the molecule is OC1(O)CCCCCCCCCCCCCCC1. The molecular weight excluding hydrogens is 224 g/mol. The lowest BCUT2D eigenvalue weighted by molar-refractivity contribution is -0.172. The molecular formula is C16H32O2. The summed E-state index contributed by atoms with van der Waals surface area (Å²) < 4.78 is 0. The highest BCUT2D eigenvalue weighted by Crippen LogP contribution is 2.21. The molecule has 0 aromatic carbocycles. The minimum Gasteiger partial charge on any atom is -0.366 e. The number of aliphatic hydroxyl groups is 2. The Bertz CT molecular complexity index is 172. The lowest BCUT2D eigenvalue weighted by atomic mass is 9.98. The molecule has 0 bridgehead atoms. The van der Waals surface area contributed by atoms with Gasteiger partial charge in [-0.25, -0.2) is 0 Å². The molecule has 1 aliphatic carbocycles. The summed E-state index contributed by atoms with van der Waals surface area (Å²) >= 11 is 0. The van der Waals surface area contributed by atoms with E-state index in [0.717, 1.165) is 25.7 Å². The Morgan fingerprint density at radius 2 is 0.611 bits per heavy atom. The minimum absolute atomic E-state index is 0.562. The van der Waals surface area contributed by atoms with Crippen molar-refractivity contribution in [2.45, 2.75) is 102 Å². The van der Waals surface area contributed by atoms with Crippen LogP contribution in [0.15, 0.2) is 0 Å². The third-order valence-electron chi connectivity index (χ3n) is 4.15. The van der Waals surface area contributed by atoms with Gasteiger partial charge in [-0.3, -0.25) is 0 Å². The molecule has 1 aliphatic rings. The quantitative estimate of drug-likeness (QED) is 0.625. The molecule has 0 atom stereocenters. The van der Waals surface area contributed by atoms with Crippen molar-refractivity contribution in [3.05, 3.63) is 0 Å². The van der Waals surface area contributed by atoms with Gasteiger partial charge in [0, 0.05) is 12.8 Å². The maximum absolute atomic E-state index is 9.84. The van der Waals surface area contributed by atoms with Crippen molar-refractivity contribution in [2.24, 2.45) is 0 Å². The van der Waals surface area contributed by atoms with Gasteiger partial charge < -0.3 is 10.2 Å². The van der Waals surface area contributed by atoms with Gasteiger partial charge in [-0.1, -0.05) is 70.6 Å². The van der Waals surface area contributed by atoms with Crippen molar-refractivity contribution in [3.63, 3.8) is 0 Å². The molecule has 1 rings (SSSR count). The predicted octanol–water partition coefficient (Wildman–Crippen LogP) is 4.53. The Kier molecular flexibility index (Phi) is 8.70. The van der Waals surface area contributed by atoms with Gasteiger partial charge in [0.25, 0.3) is 0 Å². The molecule has 2 heteroatoms. The molecule has 1 saturated carbocycles. The van der Waals surface area contributed by atoms with Gasteiger partial charge in [0.15, 0.2) is 5.79 Å². The Morgan fingerprint density at radius 1 is 0.389 bits per heavy atom. The molecule has 18 heavy (non-hydrogen) atoms. The van der Waals surface area contributed by atoms with Crippen molar-refractivity contribution < 1.29 is 10.2 Å². The molecule has 0 aliphatic heterocycles. The molecule has 108 valence electrons. The van der Waals surface area contributed by atoms with Gasteiger partial charge in [-0.15, -0.1) is 0 Å². The fraction of sp³-hybridized carbons (Fsp3) is 1.00. The maximum atomic E-state index is 9.84. The first kappa shape index (κ1) is 16.0. The van der Waals surface area contributed by atoms with E-state index in [4.69, 9.17) is 0 Å². The van der Waals surface area contributed by atoms with E-state index in [1.165, 1.54) is 57.8 Å². The Labute approximate surface area is 113 Å². The van der Waals surface area contributed by atoms with Crippen LogP contribution in [0.3, 0.4) is 0 Å². The van der Waals surface area contributed by atoms with Gasteiger partial charge >= 0.3 is 0 Å². The third-order valence-corrected chi connectivity index (χ3v) is 4.15. The van der Waals surface area contributed by atoms with Crippen LogP contribution >= 0.6 is 0 Å². The second-order valence-corrected chi connectivity index (χ2v) is 6.08. The number of rotatable bonds is 0. The van der Waals surface area contributed by atoms with Crippen molar-refractivity contribution in [1.82, 2.24) is 0 Å². The summed E-state index contributed by atoms with van der Waals surface area (Å²) in [6.45, 7) is 0. The largest absolute Gasteiger partial charge is 0.366 e. The highest BCUT2D eigenvalue weighted by molar-refractivity contribution is 4.65. The summed E-state index contributed by atoms with van der Waals surface area (Å²) in [6, 6.07) is 0. The van der Waals surface area contributed by atoms with Crippen LogP contribution in [0.1, 0.15) is 96.3 Å². The van der Waals surface area contributed by atoms with Crippen molar-refractivity contribution in [3.8, 4) is 0 Å². The lowest BCUT2D eigenvalue weighted by Crippen LogP contribution is -2.27. The molecule has 2 nitrogen and oxygen atoms in total. The van der Waals surface area contributed by atoms with Gasteiger partial charge in [0.2, 0.25) is 0 Å². The minimum atomic E-state index is -1.39. The second kappa shape index (κ2) is 9.80. The molecule has 0 aromatic rings. The Morgan fingerprint density at radius 3 is 0.889 bits per heavy atom. The highest BCUT2D eigenvalue weighted by Gasteiger charge is 2.21. The van der Waals surface area contributed by atoms with Crippen molar-refractivity contribution in [1.29, 1.82) is 0 Å². The van der Waals surface area contributed by atoms with Crippen LogP contribution in [0.25, 0.3) is 0 Å². The van der Waals surface area contributed by atoms with Crippen LogP contribution in [0, 0.1) is 0 Å². The van der Waals surface area contributed by atoms with Crippen molar-refractivity contribution >= 4 is 0 Å². The highest BCUT2D eigenvalue weighted by atomic mass is 16.5. The number of hydrogen-bond acceptors (Lipinski definition) is 2. The summed E-state index contributed by atoms with van der Waals surface area (Å²) in [4.78, 5) is 0. The van der Waals surface area contributed by atoms with E-state index in [9.17, 15) is 10.2 Å². The average molecular weight is 256 g/mol. The van der Waals surface area contributed by atoms with Gasteiger partial charge in [0.05, 0.1) is 0 Å². The standard InChI is InChI=1S/C16H32O2/c17-16(18)14-12-10-8-6-4-2-1-3-5-7-9-11-13-15-16/h17-18H,1-15H2. The van der Waals surface area contributed by atoms with Crippen LogP contribution < -0.4 is 0 Å². The van der Waals surface area contributed by atoms with E-state index >= 15 is 0 Å². The second-order valence-electron chi connectivity index (χ2n) is 6.08. The van der Waals surface area contributed by atoms with Crippen LogP contribution in [-0.2, 0) is 0 Å². The summed E-state index contributed by atoms with van der Waals surface area (Å²) in [5.74, 6) is -1.39. The maximum Gasteiger partial charge on any atom is 0.162 e. The van der Waals surface area contributed by atoms with E-state index in [1.807, 2.05) is 0 Å². The molecule has 0 heterocycles. The number of hydrogen-bond donors (Lipinski definition) is 2. The Hall–Kier alpha value is -0.0800. The summed E-state index contributed by atoms with van der Waals surface area (Å²) in [5.41, 5.74) is 0. The fourth-order valence-corrected chi connectivity index (χ4v) is 2.89. The summed E-state index contributed by atoms with van der Waals surface area (Å²) in [7, 11) is 0. The molecule has 0 aromatic heterocycles. The molecule has 0 amide bonds. The van der Waals surface area contributed by atoms with Crippen LogP contribution in [0.4, 0.5) is 0 Å². The van der Waals surface area contributed by atoms with Gasteiger partial charge in [-0.2, -0.15) is 0 Å². The van der Waals surface area contributed by atoms with Crippen LogP contribution in [-0.4, -0.2) is 16.0 Å². The van der Waals surface area contributed by atoms with Crippen LogP contribution in [0.2, 0.25) is 0 Å². The van der Waals surface area contributed by atoms with Gasteiger partial charge in [-0.05, 0) is 12.8 Å². The first-order chi connectivity index (χ1) is 8.71. The normalized spacial score (nSPS) is 25.7. The van der Waals surface area contributed by atoms with E-state index < -0.39 is 5.79 Å². The first-order valence-electron chi connectivity index (χ1n) is 8.15. The third kappa shape index (κ3) is 8.93. The smallest absolute Gasteiger partial charge is 0.162 e. The topological polar surface area (TPSA) is 40.5 Å². The predicted molar refractivity (Wildman–Crippen MR) is 76.4 cm³/mol. The molecule has 0 radical (unpaired) electrons. The monoisotopic (exact) mass is 256 g/mol. The van der Waals surface area contributed by atoms with E-state index in [2.05, 4.69) is 0 Å². The first-order valence-corrected chi connectivity index (χ1v) is 8.15. The zero-order valence-corrected chi connectivity index (χ0v) is 12.0. The Balaban J connectivity index is 2.20. The summed E-state index contributed by atoms with van der Waals surface area (Å²) in [5, 5.41) is 19.7.